The largest absolute Gasteiger partial charge is 0.385 e. The summed E-state index contributed by atoms with van der Waals surface area (Å²) in [4.78, 5) is 14.6. The summed E-state index contributed by atoms with van der Waals surface area (Å²) in [5.74, 6) is 0.363. The Kier molecular flexibility index (Phi) is 9.06. The van der Waals surface area contributed by atoms with Gasteiger partial charge in [0, 0.05) is 36.6 Å². The lowest BCUT2D eigenvalue weighted by atomic mass is 9.84. The number of benzene rings is 2. The number of Topliss-reactive ketones (excluding diaryl/α,β-unsaturated/α-hetero) is 1. The second-order valence-corrected chi connectivity index (χ2v) is 13.9. The Morgan fingerprint density at radius 2 is 1.57 bits per heavy atom. The molecule has 0 aromatic heterocycles. The van der Waals surface area contributed by atoms with Gasteiger partial charge in [0.25, 0.3) is 0 Å². The number of sulfone groups is 1. The van der Waals surface area contributed by atoms with E-state index in [1.165, 1.54) is 0 Å². The van der Waals surface area contributed by atoms with E-state index in [4.69, 9.17) is 11.6 Å². The average molecular weight is 520 g/mol. The van der Waals surface area contributed by atoms with E-state index in [0.717, 1.165) is 42.7 Å². The van der Waals surface area contributed by atoms with Gasteiger partial charge in [0.2, 0.25) is 0 Å². The van der Waals surface area contributed by atoms with Crippen LogP contribution in [0.25, 0.3) is 0 Å². The zero-order chi connectivity index (χ0) is 25.7. The molecule has 192 valence electrons. The highest BCUT2D eigenvalue weighted by atomic mass is 35.5. The Morgan fingerprint density at radius 1 is 0.971 bits per heavy atom. The van der Waals surface area contributed by atoms with E-state index in [0.29, 0.717) is 37.1 Å². The minimum atomic E-state index is -3.09. The van der Waals surface area contributed by atoms with E-state index in [9.17, 15) is 18.3 Å². The number of nitrogens with zero attached hydrogens (tertiary/aromatic N) is 1. The van der Waals surface area contributed by atoms with Crippen molar-refractivity contribution in [3.05, 3.63) is 64.7 Å². The lowest BCUT2D eigenvalue weighted by Crippen LogP contribution is -2.42. The van der Waals surface area contributed by atoms with Crippen LogP contribution in [0.5, 0.6) is 0 Å². The summed E-state index contributed by atoms with van der Waals surface area (Å²) in [6.07, 6.45) is 4.24. The summed E-state index contributed by atoms with van der Waals surface area (Å²) >= 11 is 5.98. The van der Waals surface area contributed by atoms with E-state index >= 15 is 0 Å². The van der Waals surface area contributed by atoms with Crippen molar-refractivity contribution in [2.24, 2.45) is 0 Å². The van der Waals surface area contributed by atoms with E-state index in [2.05, 4.69) is 4.90 Å². The molecule has 0 radical (unpaired) electrons. The topological polar surface area (TPSA) is 74.7 Å². The quantitative estimate of drug-likeness (QED) is 0.407. The smallest absolute Gasteiger partial charge is 0.155 e. The molecule has 0 bridgehead atoms. The molecule has 0 unspecified atom stereocenters. The second kappa shape index (κ2) is 11.4. The fraction of sp³-hybridized carbons (Fsp3) is 0.536. The average Bonchev–Trinajstić information content (AvgIpc) is 2.79. The molecule has 1 saturated heterocycles. The van der Waals surface area contributed by atoms with Crippen LogP contribution in [-0.4, -0.2) is 42.9 Å². The van der Waals surface area contributed by atoms with Crippen molar-refractivity contribution in [3.8, 4) is 0 Å². The van der Waals surface area contributed by atoms with Crippen LogP contribution in [0.2, 0.25) is 5.02 Å². The molecule has 0 spiro atoms. The summed E-state index contributed by atoms with van der Waals surface area (Å²) in [5, 5.41) is 11.8. The van der Waals surface area contributed by atoms with Gasteiger partial charge in [0.15, 0.2) is 9.84 Å². The second-order valence-electron chi connectivity index (χ2n) is 10.6. The van der Waals surface area contributed by atoms with E-state index in [-0.39, 0.29) is 11.5 Å². The van der Waals surface area contributed by atoms with Crippen molar-refractivity contribution in [3.63, 3.8) is 0 Å². The number of anilines is 1. The first-order chi connectivity index (χ1) is 16.4. The van der Waals surface area contributed by atoms with Crippen LogP contribution in [0.3, 0.4) is 0 Å². The lowest BCUT2D eigenvalue weighted by Gasteiger charge is -2.39. The summed E-state index contributed by atoms with van der Waals surface area (Å²) in [6.45, 7) is 6.68. The van der Waals surface area contributed by atoms with Crippen LogP contribution in [-0.2, 0) is 26.7 Å². The summed E-state index contributed by atoms with van der Waals surface area (Å²) in [7, 11) is -3.09. The van der Waals surface area contributed by atoms with Crippen LogP contribution in [0, 0.1) is 0 Å². The molecular weight excluding hydrogens is 482 g/mol. The molecule has 2 aromatic rings. The third kappa shape index (κ3) is 7.55. The van der Waals surface area contributed by atoms with Gasteiger partial charge in [-0.15, -0.1) is 0 Å². The lowest BCUT2D eigenvalue weighted by molar-refractivity contribution is -0.118. The van der Waals surface area contributed by atoms with Crippen molar-refractivity contribution in [2.45, 2.75) is 76.1 Å². The highest BCUT2D eigenvalue weighted by Gasteiger charge is 2.34. The first-order valence-corrected chi connectivity index (χ1v) is 14.5. The molecule has 1 fully saturated rings. The molecule has 3 rings (SSSR count). The fourth-order valence-corrected chi connectivity index (χ4v) is 5.74. The monoisotopic (exact) mass is 519 g/mol. The van der Waals surface area contributed by atoms with Crippen LogP contribution in [0.1, 0.15) is 70.4 Å². The summed E-state index contributed by atoms with van der Waals surface area (Å²) in [6, 6.07) is 15.5. The maximum atomic E-state index is 12.4. The molecule has 7 heteroatoms. The Balaban J connectivity index is 1.41. The Hall–Kier alpha value is -1.89. The van der Waals surface area contributed by atoms with E-state index < -0.39 is 20.2 Å². The zero-order valence-electron chi connectivity index (χ0n) is 21.1. The molecular formula is C28H38ClNO4S. The molecule has 5 nitrogen and oxygen atoms in total. The number of halogens is 1. The number of hydrogen-bond donors (Lipinski definition) is 1. The molecule has 1 N–H and O–H groups in total. The third-order valence-corrected chi connectivity index (χ3v) is 9.92. The number of piperidine rings is 1. The normalized spacial score (nSPS) is 16.3. The minimum Gasteiger partial charge on any atom is -0.385 e. The molecule has 1 aliphatic heterocycles. The predicted molar refractivity (Wildman–Crippen MR) is 144 cm³/mol. The predicted octanol–water partition coefficient (Wildman–Crippen LogP) is 5.71. The highest BCUT2D eigenvalue weighted by molar-refractivity contribution is 7.92. The molecule has 1 aliphatic rings. The van der Waals surface area contributed by atoms with Gasteiger partial charge in [-0.05, 0) is 81.8 Å². The molecule has 0 amide bonds. The fourth-order valence-electron chi connectivity index (χ4n) is 4.42. The molecule has 35 heavy (non-hydrogen) atoms. The number of carbonyl (C=O) groups excluding carboxylic acids is 1. The van der Waals surface area contributed by atoms with Gasteiger partial charge in [-0.3, -0.25) is 4.79 Å². The van der Waals surface area contributed by atoms with Crippen molar-refractivity contribution in [1.82, 2.24) is 0 Å². The van der Waals surface area contributed by atoms with Gasteiger partial charge >= 0.3 is 0 Å². The number of rotatable bonds is 10. The van der Waals surface area contributed by atoms with Gasteiger partial charge < -0.3 is 10.0 Å². The minimum absolute atomic E-state index is 0.180. The molecule has 2 aromatic carbocycles. The molecule has 1 heterocycles. The summed E-state index contributed by atoms with van der Waals surface area (Å²) < 4.78 is 23.6. The first-order valence-electron chi connectivity index (χ1n) is 12.5. The standard InChI is InChI=1S/C28H38ClNO4S/c1-27(2,3)35(33,34)20-6-4-5-7-26(31)21-22-8-14-25(15-9-22)30-18-16-28(32,17-19-30)23-10-12-24(29)13-11-23/h8-15,32H,4-7,16-21H2,1-3H3. The molecule has 0 saturated carbocycles. The number of ketones is 1. The Morgan fingerprint density at radius 3 is 2.14 bits per heavy atom. The number of aliphatic hydroxyl groups is 1. The van der Waals surface area contributed by atoms with Gasteiger partial charge in [0.05, 0.1) is 16.1 Å². The number of hydrogen-bond acceptors (Lipinski definition) is 5. The molecule has 0 aliphatic carbocycles. The van der Waals surface area contributed by atoms with Gasteiger partial charge in [0.1, 0.15) is 5.78 Å². The van der Waals surface area contributed by atoms with Crippen LogP contribution in [0.4, 0.5) is 5.69 Å². The van der Waals surface area contributed by atoms with Gasteiger partial charge in [-0.2, -0.15) is 0 Å². The third-order valence-electron chi connectivity index (χ3n) is 6.98. The Labute approximate surface area is 215 Å². The van der Waals surface area contributed by atoms with Crippen molar-refractivity contribution in [2.75, 3.05) is 23.7 Å². The van der Waals surface area contributed by atoms with Gasteiger partial charge in [-0.25, -0.2) is 8.42 Å². The first kappa shape index (κ1) is 27.7. The SMILES string of the molecule is CC(C)(C)S(=O)(=O)CCCCCC(=O)Cc1ccc(N2CCC(O)(c3ccc(Cl)cc3)CC2)cc1. The van der Waals surface area contributed by atoms with Crippen LogP contribution in [0.15, 0.2) is 48.5 Å². The molecule has 0 atom stereocenters. The van der Waals surface area contributed by atoms with E-state index in [1.54, 1.807) is 20.8 Å². The van der Waals surface area contributed by atoms with Crippen molar-refractivity contribution >= 4 is 32.9 Å². The summed E-state index contributed by atoms with van der Waals surface area (Å²) in [5.41, 5.74) is 2.17. The highest BCUT2D eigenvalue weighted by Crippen LogP contribution is 2.35. The zero-order valence-corrected chi connectivity index (χ0v) is 22.7. The van der Waals surface area contributed by atoms with Crippen molar-refractivity contribution in [1.29, 1.82) is 0 Å². The maximum Gasteiger partial charge on any atom is 0.155 e. The van der Waals surface area contributed by atoms with Crippen LogP contribution < -0.4 is 4.90 Å². The Bertz CT molecular complexity index is 1080. The number of unbranched alkanes of at least 4 members (excludes halogenated alkanes) is 2. The van der Waals surface area contributed by atoms with Crippen LogP contribution >= 0.6 is 11.6 Å². The van der Waals surface area contributed by atoms with Gasteiger partial charge in [-0.1, -0.05) is 42.3 Å². The van der Waals surface area contributed by atoms with E-state index in [1.807, 2.05) is 48.5 Å². The number of carbonyl (C=O) groups is 1. The maximum absolute atomic E-state index is 12.4. The van der Waals surface area contributed by atoms with Crippen molar-refractivity contribution < 1.29 is 18.3 Å².